The number of rotatable bonds is 6. The van der Waals surface area contributed by atoms with Gasteiger partial charge in [0.2, 0.25) is 5.91 Å². The van der Waals surface area contributed by atoms with Crippen LogP contribution in [0.25, 0.3) is 0 Å². The minimum atomic E-state index is -0.743. The highest BCUT2D eigenvalue weighted by Gasteiger charge is 2.24. The molecular weight excluding hydrogens is 270 g/mol. The Morgan fingerprint density at radius 2 is 1.95 bits per heavy atom. The molecule has 0 saturated carbocycles. The zero-order chi connectivity index (χ0) is 15.1. The van der Waals surface area contributed by atoms with E-state index < -0.39 is 5.97 Å². The molecule has 2 unspecified atom stereocenters. The van der Waals surface area contributed by atoms with Gasteiger partial charge < -0.3 is 14.7 Å². The molecule has 21 heavy (non-hydrogen) atoms. The summed E-state index contributed by atoms with van der Waals surface area (Å²) in [6.07, 6.45) is 8.02. The van der Waals surface area contributed by atoms with Crippen molar-refractivity contribution in [1.29, 1.82) is 0 Å². The summed E-state index contributed by atoms with van der Waals surface area (Å²) in [7, 11) is 0. The van der Waals surface area contributed by atoms with Crippen molar-refractivity contribution in [2.75, 3.05) is 19.7 Å². The lowest BCUT2D eigenvalue weighted by Crippen LogP contribution is -2.40. The van der Waals surface area contributed by atoms with Gasteiger partial charge in [0.25, 0.3) is 0 Å². The van der Waals surface area contributed by atoms with Gasteiger partial charge in [-0.05, 0) is 50.9 Å². The van der Waals surface area contributed by atoms with Crippen LogP contribution in [0.1, 0.15) is 57.8 Å². The molecule has 0 spiro atoms. The highest BCUT2D eigenvalue weighted by atomic mass is 16.5. The van der Waals surface area contributed by atoms with Gasteiger partial charge in [-0.1, -0.05) is 0 Å². The Kier molecular flexibility index (Phi) is 6.49. The van der Waals surface area contributed by atoms with Crippen molar-refractivity contribution in [3.8, 4) is 0 Å². The predicted molar refractivity (Wildman–Crippen MR) is 79.0 cm³/mol. The average molecular weight is 297 g/mol. The number of aliphatic carboxylic acids is 1. The SMILES string of the molecule is O=C(O)CCC1CCCN(C(=O)CCC2CCCCO2)C1. The first-order chi connectivity index (χ1) is 10.1. The normalized spacial score (nSPS) is 26.6. The molecule has 1 N–H and O–H groups in total. The van der Waals surface area contributed by atoms with Crippen LogP contribution in [-0.2, 0) is 14.3 Å². The van der Waals surface area contributed by atoms with E-state index in [1.807, 2.05) is 4.90 Å². The number of piperidine rings is 1. The average Bonchev–Trinajstić information content (AvgIpc) is 2.52. The van der Waals surface area contributed by atoms with E-state index in [0.717, 1.165) is 51.8 Å². The van der Waals surface area contributed by atoms with E-state index in [1.54, 1.807) is 0 Å². The van der Waals surface area contributed by atoms with Crippen LogP contribution in [0, 0.1) is 5.92 Å². The Hall–Kier alpha value is -1.10. The summed E-state index contributed by atoms with van der Waals surface area (Å²) < 4.78 is 5.67. The summed E-state index contributed by atoms with van der Waals surface area (Å²) in [5.74, 6) is -0.179. The number of hydrogen-bond acceptors (Lipinski definition) is 3. The highest BCUT2D eigenvalue weighted by molar-refractivity contribution is 5.76. The number of carboxylic acids is 1. The van der Waals surface area contributed by atoms with E-state index in [4.69, 9.17) is 9.84 Å². The van der Waals surface area contributed by atoms with Crippen LogP contribution in [0.2, 0.25) is 0 Å². The molecule has 5 nitrogen and oxygen atoms in total. The Bertz CT molecular complexity index is 352. The molecule has 2 atom stereocenters. The van der Waals surface area contributed by atoms with Crippen molar-refractivity contribution in [2.45, 2.75) is 63.9 Å². The number of ether oxygens (including phenoxy) is 1. The zero-order valence-corrected chi connectivity index (χ0v) is 12.8. The van der Waals surface area contributed by atoms with Gasteiger partial charge >= 0.3 is 5.97 Å². The molecule has 2 fully saturated rings. The first kappa shape index (κ1) is 16.3. The monoisotopic (exact) mass is 297 g/mol. The number of hydrogen-bond donors (Lipinski definition) is 1. The molecule has 2 aliphatic rings. The summed E-state index contributed by atoms with van der Waals surface area (Å²) in [4.78, 5) is 24.8. The van der Waals surface area contributed by atoms with Gasteiger partial charge in [0.15, 0.2) is 0 Å². The lowest BCUT2D eigenvalue weighted by molar-refractivity contribution is -0.137. The second-order valence-corrected chi connectivity index (χ2v) is 6.31. The first-order valence-electron chi connectivity index (χ1n) is 8.26. The van der Waals surface area contributed by atoms with Gasteiger partial charge in [-0.3, -0.25) is 9.59 Å². The fraction of sp³-hybridized carbons (Fsp3) is 0.875. The quantitative estimate of drug-likeness (QED) is 0.817. The third kappa shape index (κ3) is 5.65. The van der Waals surface area contributed by atoms with E-state index in [-0.39, 0.29) is 18.4 Å². The minimum absolute atomic E-state index is 0.211. The van der Waals surface area contributed by atoms with Crippen molar-refractivity contribution >= 4 is 11.9 Å². The van der Waals surface area contributed by atoms with E-state index in [2.05, 4.69) is 0 Å². The van der Waals surface area contributed by atoms with Crippen LogP contribution in [0.5, 0.6) is 0 Å². The highest BCUT2D eigenvalue weighted by Crippen LogP contribution is 2.23. The summed E-state index contributed by atoms with van der Waals surface area (Å²) in [6.45, 7) is 2.39. The molecule has 2 saturated heterocycles. The molecule has 0 aromatic rings. The van der Waals surface area contributed by atoms with Gasteiger partial charge in [-0.25, -0.2) is 0 Å². The Labute approximate surface area is 126 Å². The minimum Gasteiger partial charge on any atom is -0.481 e. The van der Waals surface area contributed by atoms with E-state index in [9.17, 15) is 9.59 Å². The van der Waals surface area contributed by atoms with Crippen molar-refractivity contribution < 1.29 is 19.4 Å². The van der Waals surface area contributed by atoms with Crippen LogP contribution in [-0.4, -0.2) is 47.7 Å². The van der Waals surface area contributed by atoms with Crippen LogP contribution in [0.15, 0.2) is 0 Å². The maximum Gasteiger partial charge on any atom is 0.303 e. The summed E-state index contributed by atoms with van der Waals surface area (Å²) >= 11 is 0. The van der Waals surface area contributed by atoms with Crippen LogP contribution < -0.4 is 0 Å². The van der Waals surface area contributed by atoms with Crippen LogP contribution >= 0.6 is 0 Å². The van der Waals surface area contributed by atoms with Crippen molar-refractivity contribution in [1.82, 2.24) is 4.90 Å². The van der Waals surface area contributed by atoms with E-state index in [0.29, 0.717) is 18.8 Å². The zero-order valence-electron chi connectivity index (χ0n) is 12.8. The predicted octanol–water partition coefficient (Wildman–Crippen LogP) is 2.44. The largest absolute Gasteiger partial charge is 0.481 e. The molecular formula is C16H27NO4. The van der Waals surface area contributed by atoms with Gasteiger partial charge in [0, 0.05) is 32.5 Å². The molecule has 120 valence electrons. The van der Waals surface area contributed by atoms with Crippen LogP contribution in [0.4, 0.5) is 0 Å². The van der Waals surface area contributed by atoms with Crippen molar-refractivity contribution in [3.63, 3.8) is 0 Å². The Balaban J connectivity index is 1.69. The molecule has 0 bridgehead atoms. The van der Waals surface area contributed by atoms with Gasteiger partial charge in [0.05, 0.1) is 6.10 Å². The second-order valence-electron chi connectivity index (χ2n) is 6.31. The maximum absolute atomic E-state index is 12.3. The van der Waals surface area contributed by atoms with Crippen molar-refractivity contribution in [2.24, 2.45) is 5.92 Å². The van der Waals surface area contributed by atoms with Gasteiger partial charge in [-0.15, -0.1) is 0 Å². The standard InChI is InChI=1S/C16H27NO4/c18-15(8-7-14-5-1-2-11-21-14)17-10-3-4-13(12-17)6-9-16(19)20/h13-14H,1-12H2,(H,19,20). The fourth-order valence-corrected chi connectivity index (χ4v) is 3.33. The van der Waals surface area contributed by atoms with Crippen molar-refractivity contribution in [3.05, 3.63) is 0 Å². The number of amides is 1. The molecule has 0 aromatic heterocycles. The molecule has 0 aliphatic carbocycles. The third-order valence-corrected chi connectivity index (χ3v) is 4.59. The smallest absolute Gasteiger partial charge is 0.303 e. The number of carboxylic acid groups (broad SMARTS) is 1. The second kappa shape index (κ2) is 8.37. The molecule has 5 heteroatoms. The lowest BCUT2D eigenvalue weighted by atomic mass is 9.93. The molecule has 0 radical (unpaired) electrons. The van der Waals surface area contributed by atoms with Crippen LogP contribution in [0.3, 0.4) is 0 Å². The van der Waals surface area contributed by atoms with Gasteiger partial charge in [-0.2, -0.15) is 0 Å². The summed E-state index contributed by atoms with van der Waals surface area (Å²) in [6, 6.07) is 0. The fourth-order valence-electron chi connectivity index (χ4n) is 3.33. The summed E-state index contributed by atoms with van der Waals surface area (Å²) in [5.41, 5.74) is 0. The van der Waals surface area contributed by atoms with E-state index >= 15 is 0 Å². The summed E-state index contributed by atoms with van der Waals surface area (Å²) in [5, 5.41) is 8.75. The Morgan fingerprint density at radius 3 is 2.67 bits per heavy atom. The molecule has 1 amide bonds. The number of carbonyl (C=O) groups is 2. The molecule has 0 aromatic carbocycles. The molecule has 2 aliphatic heterocycles. The van der Waals surface area contributed by atoms with E-state index in [1.165, 1.54) is 6.42 Å². The first-order valence-corrected chi connectivity index (χ1v) is 8.26. The molecule has 2 heterocycles. The number of carbonyl (C=O) groups excluding carboxylic acids is 1. The Morgan fingerprint density at radius 1 is 1.10 bits per heavy atom. The maximum atomic E-state index is 12.3. The number of nitrogens with zero attached hydrogens (tertiary/aromatic N) is 1. The third-order valence-electron chi connectivity index (χ3n) is 4.59. The lowest BCUT2D eigenvalue weighted by Gasteiger charge is -2.33. The topological polar surface area (TPSA) is 66.8 Å². The molecule has 2 rings (SSSR count). The number of likely N-dealkylation sites (tertiary alicyclic amines) is 1. The van der Waals surface area contributed by atoms with Gasteiger partial charge in [0.1, 0.15) is 0 Å².